The summed E-state index contributed by atoms with van der Waals surface area (Å²) >= 11 is 12.5. The van der Waals surface area contributed by atoms with Gasteiger partial charge in [0.25, 0.3) is 0 Å². The Morgan fingerprint density at radius 3 is 1.71 bits per heavy atom. The summed E-state index contributed by atoms with van der Waals surface area (Å²) in [5, 5.41) is 22.5. The van der Waals surface area contributed by atoms with Crippen LogP contribution in [0.15, 0.2) is 41.8 Å². The Balaban J connectivity index is 0.000000517. The Hall–Kier alpha value is 2.03. The molecule has 0 aliphatic heterocycles. The Bertz CT molecular complexity index is 1130. The molecule has 4 nitrogen and oxygen atoms in total. The number of ether oxygens (including phenoxy) is 2. The molecule has 0 radical (unpaired) electrons. The van der Waals surface area contributed by atoms with Gasteiger partial charge in [0.15, 0.2) is 0 Å². The molecule has 2 aromatic heterocycles. The van der Waals surface area contributed by atoms with E-state index < -0.39 is 7.12 Å². The summed E-state index contributed by atoms with van der Waals surface area (Å²) in [5.74, 6) is 1.77. The minimum absolute atomic E-state index is 0.536. The van der Waals surface area contributed by atoms with Crippen molar-refractivity contribution in [3.8, 4) is 11.5 Å². The molecule has 0 aliphatic rings. The molecule has 0 unspecified atom stereocenters. The molecule has 0 aliphatic carbocycles. The van der Waals surface area contributed by atoms with Crippen LogP contribution in [-0.4, -0.2) is 31.4 Å². The van der Waals surface area contributed by atoms with Crippen LogP contribution in [0.4, 0.5) is 0 Å². The molecule has 0 saturated heterocycles. The van der Waals surface area contributed by atoms with Gasteiger partial charge in [0.2, 0.25) is 0 Å². The van der Waals surface area contributed by atoms with Crippen LogP contribution in [0.2, 0.25) is 0 Å². The average molecular weight is 1040 g/mol. The first-order valence-corrected chi connectivity index (χ1v) is 29.5. The standard InChI is InChI=1S/C10H11BO3S.C10H10OS.C2H5.4HI.2V/c1-6-3-7-5-9(11(12)13)15-10(7)8(4-6)14-2;1-7-5-8-3-4-12-10(8)9(6-7)11-2;1-2;;;;;;/h3-5,12-13H,1-2H3;3-6H,1-2H3;1H2,2H3;4*1H;;/q;;-1;;;;;2*+2/p-4. The molecule has 0 saturated carbocycles. The quantitative estimate of drug-likeness (QED) is 0.123. The maximum atomic E-state index is 9.08. The molecule has 35 heavy (non-hydrogen) atoms. The molecule has 0 atom stereocenters. The van der Waals surface area contributed by atoms with Gasteiger partial charge in [-0.2, -0.15) is 6.92 Å². The number of methoxy groups -OCH3 is 2. The normalized spacial score (nSPS) is 9.14. The first kappa shape index (κ1) is 37.0. The minimum atomic E-state index is -1.41. The SMILES string of the molecule is COc1cc(C)cc2cc(B(O)O)sc12.COc1cc(C)cc2ccsc12.[CH2-]C.[I][V][I].[I][V][I]. The summed E-state index contributed by atoms with van der Waals surface area (Å²) in [4.78, 5) is 0. The van der Waals surface area contributed by atoms with Gasteiger partial charge in [-0.15, -0.1) is 22.7 Å². The van der Waals surface area contributed by atoms with Crippen molar-refractivity contribution in [3.63, 3.8) is 0 Å². The van der Waals surface area contributed by atoms with Crippen LogP contribution in [0.5, 0.6) is 11.5 Å². The Morgan fingerprint density at radius 1 is 0.800 bits per heavy atom. The van der Waals surface area contributed by atoms with E-state index in [0.717, 1.165) is 27.1 Å². The third-order valence-corrected chi connectivity index (χ3v) is 6.25. The molecular weight excluding hydrogens is 1010 g/mol. The van der Waals surface area contributed by atoms with E-state index in [0.29, 0.717) is 23.7 Å². The molecule has 4 rings (SSSR count). The van der Waals surface area contributed by atoms with Gasteiger partial charge in [-0.3, -0.25) is 0 Å². The van der Waals surface area contributed by atoms with Gasteiger partial charge in [0.05, 0.1) is 23.6 Å². The van der Waals surface area contributed by atoms with Crippen molar-refractivity contribution in [3.05, 3.63) is 59.8 Å². The van der Waals surface area contributed by atoms with Crippen LogP contribution in [0.25, 0.3) is 20.2 Å². The molecule has 0 spiro atoms. The van der Waals surface area contributed by atoms with Crippen LogP contribution in [0.1, 0.15) is 18.1 Å². The molecule has 0 fully saturated rings. The fourth-order valence-corrected chi connectivity index (χ4v) is 4.78. The van der Waals surface area contributed by atoms with Gasteiger partial charge in [0.1, 0.15) is 11.5 Å². The van der Waals surface area contributed by atoms with E-state index in [-0.39, 0.29) is 0 Å². The van der Waals surface area contributed by atoms with Crippen molar-refractivity contribution >= 4 is 135 Å². The average Bonchev–Trinajstić information content (AvgIpc) is 3.48. The fraction of sp³-hybridized carbons (Fsp3) is 0.227. The second kappa shape index (κ2) is 21.8. The summed E-state index contributed by atoms with van der Waals surface area (Å²) < 4.78 is 13.3. The van der Waals surface area contributed by atoms with E-state index in [1.54, 1.807) is 38.5 Å². The van der Waals surface area contributed by atoms with Crippen LogP contribution in [-0.2, 0) is 18.9 Å². The molecule has 2 heterocycles. The van der Waals surface area contributed by atoms with Crippen molar-refractivity contribution in [1.29, 1.82) is 0 Å². The molecule has 2 aromatic carbocycles. The first-order valence-electron chi connectivity index (χ1n) is 9.77. The van der Waals surface area contributed by atoms with E-state index in [4.69, 9.17) is 19.5 Å². The Morgan fingerprint density at radius 2 is 1.26 bits per heavy atom. The summed E-state index contributed by atoms with van der Waals surface area (Å²) in [7, 11) is 3.18. The van der Waals surface area contributed by atoms with Crippen molar-refractivity contribution < 1.29 is 38.5 Å². The van der Waals surface area contributed by atoms with Gasteiger partial charge < -0.3 is 26.4 Å². The number of rotatable bonds is 3. The third-order valence-electron chi connectivity index (χ3n) is 4.10. The van der Waals surface area contributed by atoms with Gasteiger partial charge in [-0.1, -0.05) is 12.1 Å². The zero-order valence-electron chi connectivity index (χ0n) is 19.8. The Labute approximate surface area is 274 Å². The first-order chi connectivity index (χ1) is 16.8. The van der Waals surface area contributed by atoms with Gasteiger partial charge in [-0.25, -0.2) is 0 Å². The molecule has 2 N–H and O–H groups in total. The number of hydrogen-bond acceptors (Lipinski definition) is 6. The van der Waals surface area contributed by atoms with Crippen LogP contribution in [0.3, 0.4) is 0 Å². The summed E-state index contributed by atoms with van der Waals surface area (Å²) in [6.07, 6.45) is 0. The third kappa shape index (κ3) is 13.3. The number of fused-ring (bicyclic) bond motifs is 2. The summed E-state index contributed by atoms with van der Waals surface area (Å²) in [6.45, 7) is 9.06. The molecular formula is C22H26BI4O4S2V2-. The van der Waals surface area contributed by atoms with Gasteiger partial charge >= 0.3 is 106 Å². The maximum absolute atomic E-state index is 9.08. The van der Waals surface area contributed by atoms with Gasteiger partial charge in [-0.05, 0) is 65.4 Å². The van der Waals surface area contributed by atoms with Crippen molar-refractivity contribution in [2.75, 3.05) is 14.2 Å². The van der Waals surface area contributed by atoms with Crippen molar-refractivity contribution in [2.45, 2.75) is 20.8 Å². The predicted octanol–water partition coefficient (Wildman–Crippen LogP) is 8.49. The molecule has 192 valence electrons. The van der Waals surface area contributed by atoms with E-state index >= 15 is 0 Å². The van der Waals surface area contributed by atoms with Crippen molar-refractivity contribution in [1.82, 2.24) is 0 Å². The van der Waals surface area contributed by atoms with Gasteiger partial charge in [0, 0.05) is 4.78 Å². The van der Waals surface area contributed by atoms with E-state index in [1.165, 1.54) is 27.0 Å². The summed E-state index contributed by atoms with van der Waals surface area (Å²) in [6, 6.07) is 12.1. The van der Waals surface area contributed by atoms with Crippen molar-refractivity contribution in [2.24, 2.45) is 0 Å². The number of benzene rings is 2. The second-order valence-corrected chi connectivity index (χ2v) is 31.9. The molecule has 0 bridgehead atoms. The summed E-state index contributed by atoms with van der Waals surface area (Å²) in [5.41, 5.74) is 2.34. The monoisotopic (exact) mass is 1040 g/mol. The molecule has 0 amide bonds. The predicted molar refractivity (Wildman–Crippen MR) is 183 cm³/mol. The molecule has 13 heteroatoms. The second-order valence-electron chi connectivity index (χ2n) is 6.34. The number of aryl methyl sites for hydroxylation is 2. The van der Waals surface area contributed by atoms with E-state index in [9.17, 15) is 0 Å². The Kier molecular flexibility index (Phi) is 23.1. The van der Waals surface area contributed by atoms with Crippen LogP contribution in [0, 0.1) is 20.8 Å². The van der Waals surface area contributed by atoms with E-state index in [2.05, 4.69) is 117 Å². The zero-order valence-corrected chi connectivity index (χ0v) is 32.8. The number of thiophene rings is 2. The number of hydrogen-bond donors (Lipinski definition) is 2. The molecule has 4 aromatic rings. The van der Waals surface area contributed by atoms with Crippen LogP contribution >= 0.6 is 103 Å². The topological polar surface area (TPSA) is 58.9 Å². The van der Waals surface area contributed by atoms with E-state index in [1.807, 2.05) is 19.1 Å². The van der Waals surface area contributed by atoms with Crippen LogP contribution < -0.4 is 14.3 Å². The number of halogens is 4. The zero-order chi connectivity index (χ0) is 27.0. The fourth-order valence-electron chi connectivity index (χ4n) is 2.91.